The monoisotopic (exact) mass is 318 g/mol. The molecule has 2 rings (SSSR count). The van der Waals surface area contributed by atoms with Crippen LogP contribution in [0.4, 0.5) is 0 Å². The predicted octanol–water partition coefficient (Wildman–Crippen LogP) is 3.52. The van der Waals surface area contributed by atoms with E-state index in [4.69, 9.17) is 4.74 Å². The first-order valence-electron chi connectivity index (χ1n) is 6.32. The molecule has 5 heteroatoms. The molecule has 0 fully saturated rings. The van der Waals surface area contributed by atoms with Crippen molar-refractivity contribution >= 4 is 36.3 Å². The molecule has 0 aromatic heterocycles. The van der Waals surface area contributed by atoms with Gasteiger partial charge in [0.05, 0.1) is 5.75 Å². The molecule has 21 heavy (non-hydrogen) atoms. The van der Waals surface area contributed by atoms with E-state index in [2.05, 4.69) is 12.6 Å². The van der Waals surface area contributed by atoms with Gasteiger partial charge in [-0.15, -0.1) is 11.8 Å². The lowest BCUT2D eigenvalue weighted by molar-refractivity contribution is -0.157. The summed E-state index contributed by atoms with van der Waals surface area (Å²) in [5, 5.41) is -0.753. The Kier molecular flexibility index (Phi) is 5.90. The minimum absolute atomic E-state index is 0.0883. The molecule has 2 aromatic rings. The minimum Gasteiger partial charge on any atom is -0.391 e. The van der Waals surface area contributed by atoms with Crippen LogP contribution < -0.4 is 0 Å². The molecular weight excluding hydrogens is 304 g/mol. The maximum atomic E-state index is 11.8. The molecule has 0 N–H and O–H groups in total. The highest BCUT2D eigenvalue weighted by atomic mass is 32.2. The van der Waals surface area contributed by atoms with Gasteiger partial charge in [0.25, 0.3) is 0 Å². The summed E-state index contributed by atoms with van der Waals surface area (Å²) in [6, 6.07) is 18.4. The number of rotatable bonds is 5. The smallest absolute Gasteiger partial charge is 0.331 e. The fourth-order valence-electron chi connectivity index (χ4n) is 1.63. The number of thiol groups is 1. The highest BCUT2D eigenvalue weighted by molar-refractivity contribution is 8.00. The average molecular weight is 318 g/mol. The summed E-state index contributed by atoms with van der Waals surface area (Å²) in [5.74, 6) is -1.13. The Morgan fingerprint density at radius 3 is 2.19 bits per heavy atom. The first kappa shape index (κ1) is 15.7. The zero-order valence-electron chi connectivity index (χ0n) is 11.1. The van der Waals surface area contributed by atoms with Gasteiger partial charge in [0.2, 0.25) is 0 Å². The van der Waals surface area contributed by atoms with Crippen molar-refractivity contribution in [2.45, 2.75) is 10.1 Å². The number of ether oxygens (including phenoxy) is 1. The topological polar surface area (TPSA) is 43.4 Å². The van der Waals surface area contributed by atoms with E-state index in [1.807, 2.05) is 36.4 Å². The Hall–Kier alpha value is -1.72. The molecule has 1 unspecified atom stereocenters. The van der Waals surface area contributed by atoms with Crippen molar-refractivity contribution in [2.75, 3.05) is 5.75 Å². The van der Waals surface area contributed by atoms with Crippen LogP contribution in [-0.2, 0) is 14.3 Å². The molecule has 0 spiro atoms. The lowest BCUT2D eigenvalue weighted by Gasteiger charge is -2.09. The van der Waals surface area contributed by atoms with E-state index >= 15 is 0 Å². The van der Waals surface area contributed by atoms with Crippen LogP contribution in [0.1, 0.15) is 10.8 Å². The van der Waals surface area contributed by atoms with Crippen LogP contribution in [0.5, 0.6) is 0 Å². The molecule has 0 bridgehead atoms. The van der Waals surface area contributed by atoms with Gasteiger partial charge in [-0.1, -0.05) is 48.5 Å². The Balaban J connectivity index is 1.83. The average Bonchev–Trinajstić information content (AvgIpc) is 2.54. The molecule has 0 amide bonds. The van der Waals surface area contributed by atoms with Crippen molar-refractivity contribution in [3.63, 3.8) is 0 Å². The fraction of sp³-hybridized carbons (Fsp3) is 0.125. The summed E-state index contributed by atoms with van der Waals surface area (Å²) in [6.45, 7) is 0. The zero-order valence-corrected chi connectivity index (χ0v) is 12.8. The van der Waals surface area contributed by atoms with Crippen molar-refractivity contribution in [2.24, 2.45) is 0 Å². The first-order valence-corrected chi connectivity index (χ1v) is 7.82. The maximum absolute atomic E-state index is 11.8. The molecule has 1 atom stereocenters. The van der Waals surface area contributed by atoms with Crippen LogP contribution in [0.3, 0.4) is 0 Å². The van der Waals surface area contributed by atoms with E-state index in [0.29, 0.717) is 5.56 Å². The van der Waals surface area contributed by atoms with Gasteiger partial charge in [-0.25, -0.2) is 4.79 Å². The largest absolute Gasteiger partial charge is 0.391 e. The molecule has 0 aliphatic heterocycles. The third kappa shape index (κ3) is 4.95. The Bertz CT molecular complexity index is 599. The summed E-state index contributed by atoms with van der Waals surface area (Å²) in [7, 11) is 0. The van der Waals surface area contributed by atoms with Gasteiger partial charge in [0, 0.05) is 4.90 Å². The second kappa shape index (κ2) is 7.90. The van der Waals surface area contributed by atoms with E-state index in [-0.39, 0.29) is 5.75 Å². The summed E-state index contributed by atoms with van der Waals surface area (Å²) in [4.78, 5) is 24.5. The lowest BCUT2D eigenvalue weighted by atomic mass is 10.1. The van der Waals surface area contributed by atoms with Gasteiger partial charge in [0.1, 0.15) is 5.25 Å². The number of esters is 2. The van der Waals surface area contributed by atoms with Gasteiger partial charge < -0.3 is 4.74 Å². The molecule has 108 valence electrons. The number of thioether (sulfide) groups is 1. The number of hydrogen-bond acceptors (Lipinski definition) is 5. The molecular formula is C16H14O3S2. The SMILES string of the molecule is O=C(CSc1ccccc1)OC(=O)C(S)c1ccccc1. The molecule has 0 heterocycles. The van der Waals surface area contributed by atoms with Crippen molar-refractivity contribution in [1.29, 1.82) is 0 Å². The quantitative estimate of drug-likeness (QED) is 0.396. The lowest BCUT2D eigenvalue weighted by Crippen LogP contribution is -2.18. The summed E-state index contributed by atoms with van der Waals surface area (Å²) < 4.78 is 4.81. The maximum Gasteiger partial charge on any atom is 0.331 e. The second-order valence-electron chi connectivity index (χ2n) is 4.21. The van der Waals surface area contributed by atoms with Gasteiger partial charge in [0.15, 0.2) is 0 Å². The number of carbonyl (C=O) groups excluding carboxylic acids is 2. The standard InChI is InChI=1S/C16H14O3S2/c17-14(11-21-13-9-5-2-6-10-13)19-16(18)15(20)12-7-3-1-4-8-12/h1-10,15,20H,11H2. The Morgan fingerprint density at radius 2 is 1.57 bits per heavy atom. The number of hydrogen-bond donors (Lipinski definition) is 1. The van der Waals surface area contributed by atoms with E-state index in [1.165, 1.54) is 11.8 Å². The van der Waals surface area contributed by atoms with Crippen LogP contribution in [-0.4, -0.2) is 17.7 Å². The molecule has 0 saturated carbocycles. The third-order valence-electron chi connectivity index (χ3n) is 2.65. The van der Waals surface area contributed by atoms with Gasteiger partial charge in [-0.3, -0.25) is 4.79 Å². The van der Waals surface area contributed by atoms with Gasteiger partial charge >= 0.3 is 11.9 Å². The molecule has 3 nitrogen and oxygen atoms in total. The van der Waals surface area contributed by atoms with E-state index in [1.54, 1.807) is 24.3 Å². The van der Waals surface area contributed by atoms with E-state index in [0.717, 1.165) is 4.90 Å². The molecule has 0 radical (unpaired) electrons. The van der Waals surface area contributed by atoms with Crippen molar-refractivity contribution in [3.05, 3.63) is 66.2 Å². The van der Waals surface area contributed by atoms with Crippen LogP contribution >= 0.6 is 24.4 Å². The Morgan fingerprint density at radius 1 is 1.00 bits per heavy atom. The van der Waals surface area contributed by atoms with Crippen molar-refractivity contribution in [1.82, 2.24) is 0 Å². The molecule has 0 aliphatic rings. The van der Waals surface area contributed by atoms with E-state index in [9.17, 15) is 9.59 Å². The Labute approximate surface area is 133 Å². The van der Waals surface area contributed by atoms with Crippen LogP contribution in [0.25, 0.3) is 0 Å². The summed E-state index contributed by atoms with van der Waals surface area (Å²) >= 11 is 5.52. The number of carbonyl (C=O) groups is 2. The molecule has 0 saturated heterocycles. The first-order chi connectivity index (χ1) is 10.2. The van der Waals surface area contributed by atoms with Crippen molar-refractivity contribution < 1.29 is 14.3 Å². The zero-order chi connectivity index (χ0) is 15.1. The van der Waals surface area contributed by atoms with E-state index < -0.39 is 17.2 Å². The molecule has 2 aromatic carbocycles. The molecule has 0 aliphatic carbocycles. The summed E-state index contributed by atoms with van der Waals surface area (Å²) in [5.41, 5.74) is 0.703. The highest BCUT2D eigenvalue weighted by Gasteiger charge is 2.20. The van der Waals surface area contributed by atoms with Gasteiger partial charge in [-0.05, 0) is 17.7 Å². The van der Waals surface area contributed by atoms with Crippen LogP contribution in [0, 0.1) is 0 Å². The van der Waals surface area contributed by atoms with Crippen LogP contribution in [0.15, 0.2) is 65.6 Å². The van der Waals surface area contributed by atoms with Crippen LogP contribution in [0.2, 0.25) is 0 Å². The summed E-state index contributed by atoms with van der Waals surface area (Å²) in [6.07, 6.45) is 0. The predicted molar refractivity (Wildman–Crippen MR) is 86.4 cm³/mol. The fourth-order valence-corrected chi connectivity index (χ4v) is 2.55. The highest BCUT2D eigenvalue weighted by Crippen LogP contribution is 2.22. The second-order valence-corrected chi connectivity index (χ2v) is 5.77. The minimum atomic E-state index is -0.753. The van der Waals surface area contributed by atoms with Crippen molar-refractivity contribution in [3.8, 4) is 0 Å². The third-order valence-corrected chi connectivity index (χ3v) is 4.15. The van der Waals surface area contributed by atoms with Gasteiger partial charge in [-0.2, -0.15) is 12.6 Å². The normalized spacial score (nSPS) is 11.7. The number of benzene rings is 2.